The van der Waals surface area contributed by atoms with Gasteiger partial charge in [-0.05, 0) is 36.1 Å². The molecular formula is C12H15N3. The molecule has 0 aliphatic rings. The highest BCUT2D eigenvalue weighted by Crippen LogP contribution is 2.21. The van der Waals surface area contributed by atoms with E-state index < -0.39 is 0 Å². The fourth-order valence-electron chi connectivity index (χ4n) is 1.79. The standard InChI is InChI=1S/C12H15N3/c1-9(2)12-5-4-11(6-10(12)3)15-8-13-7-14-15/h4-9H,1-3H3. The summed E-state index contributed by atoms with van der Waals surface area (Å²) in [5.74, 6) is 0.565. The molecule has 1 heterocycles. The van der Waals surface area contributed by atoms with Crippen molar-refractivity contribution in [2.45, 2.75) is 26.7 Å². The predicted octanol–water partition coefficient (Wildman–Crippen LogP) is 2.70. The van der Waals surface area contributed by atoms with E-state index in [1.165, 1.54) is 11.1 Å². The van der Waals surface area contributed by atoms with Gasteiger partial charge >= 0.3 is 0 Å². The van der Waals surface area contributed by atoms with Crippen LogP contribution >= 0.6 is 0 Å². The largest absolute Gasteiger partial charge is 0.223 e. The summed E-state index contributed by atoms with van der Waals surface area (Å²) < 4.78 is 1.77. The van der Waals surface area contributed by atoms with Gasteiger partial charge in [0.2, 0.25) is 0 Å². The second-order valence-electron chi connectivity index (χ2n) is 4.04. The van der Waals surface area contributed by atoms with E-state index >= 15 is 0 Å². The number of nitrogens with zero attached hydrogens (tertiary/aromatic N) is 3. The van der Waals surface area contributed by atoms with Crippen LogP contribution in [0.3, 0.4) is 0 Å². The average molecular weight is 201 g/mol. The molecule has 15 heavy (non-hydrogen) atoms. The first-order valence-electron chi connectivity index (χ1n) is 5.14. The van der Waals surface area contributed by atoms with Crippen LogP contribution in [0.4, 0.5) is 0 Å². The van der Waals surface area contributed by atoms with Crippen LogP contribution in [0.5, 0.6) is 0 Å². The van der Waals surface area contributed by atoms with Crippen LogP contribution in [-0.4, -0.2) is 14.8 Å². The first-order valence-corrected chi connectivity index (χ1v) is 5.14. The van der Waals surface area contributed by atoms with Crippen LogP contribution in [0.2, 0.25) is 0 Å². The average Bonchev–Trinajstić information content (AvgIpc) is 2.69. The van der Waals surface area contributed by atoms with E-state index in [2.05, 4.69) is 49.1 Å². The van der Waals surface area contributed by atoms with Crippen molar-refractivity contribution < 1.29 is 0 Å². The molecule has 0 amide bonds. The van der Waals surface area contributed by atoms with Crippen LogP contribution < -0.4 is 0 Å². The molecule has 0 saturated carbocycles. The minimum atomic E-state index is 0.565. The van der Waals surface area contributed by atoms with E-state index in [0.29, 0.717) is 5.92 Å². The Hall–Kier alpha value is -1.64. The highest BCUT2D eigenvalue weighted by atomic mass is 15.3. The Balaban J connectivity index is 2.42. The van der Waals surface area contributed by atoms with Crippen molar-refractivity contribution >= 4 is 0 Å². The molecule has 3 heteroatoms. The maximum atomic E-state index is 4.11. The van der Waals surface area contributed by atoms with E-state index in [4.69, 9.17) is 0 Å². The lowest BCUT2D eigenvalue weighted by atomic mass is 9.98. The Bertz CT molecular complexity index is 444. The molecule has 78 valence electrons. The van der Waals surface area contributed by atoms with Gasteiger partial charge < -0.3 is 0 Å². The lowest BCUT2D eigenvalue weighted by Gasteiger charge is -2.11. The summed E-state index contributed by atoms with van der Waals surface area (Å²) >= 11 is 0. The summed E-state index contributed by atoms with van der Waals surface area (Å²) in [6, 6.07) is 6.39. The molecule has 2 aromatic rings. The second kappa shape index (κ2) is 3.85. The zero-order valence-electron chi connectivity index (χ0n) is 9.31. The fourth-order valence-corrected chi connectivity index (χ4v) is 1.79. The zero-order valence-corrected chi connectivity index (χ0v) is 9.31. The summed E-state index contributed by atoms with van der Waals surface area (Å²) in [5.41, 5.74) is 3.76. The molecule has 0 fully saturated rings. The normalized spacial score (nSPS) is 10.9. The van der Waals surface area contributed by atoms with Gasteiger partial charge in [-0.1, -0.05) is 19.9 Å². The number of hydrogen-bond donors (Lipinski definition) is 0. The van der Waals surface area contributed by atoms with Gasteiger partial charge in [0.1, 0.15) is 12.7 Å². The van der Waals surface area contributed by atoms with Crippen LogP contribution in [0.1, 0.15) is 30.9 Å². The van der Waals surface area contributed by atoms with E-state index in [0.717, 1.165) is 5.69 Å². The molecule has 3 nitrogen and oxygen atoms in total. The fraction of sp³-hybridized carbons (Fsp3) is 0.333. The number of aromatic nitrogens is 3. The number of rotatable bonds is 2. The van der Waals surface area contributed by atoms with E-state index in [-0.39, 0.29) is 0 Å². The highest BCUT2D eigenvalue weighted by molar-refractivity contribution is 5.40. The number of hydrogen-bond acceptors (Lipinski definition) is 2. The summed E-state index contributed by atoms with van der Waals surface area (Å²) in [4.78, 5) is 3.94. The van der Waals surface area contributed by atoms with Crippen LogP contribution in [0.15, 0.2) is 30.9 Å². The Morgan fingerprint density at radius 3 is 2.60 bits per heavy atom. The molecule has 0 bridgehead atoms. The van der Waals surface area contributed by atoms with Crippen molar-refractivity contribution in [3.8, 4) is 5.69 Å². The number of aryl methyl sites for hydroxylation is 1. The van der Waals surface area contributed by atoms with Crippen molar-refractivity contribution in [1.29, 1.82) is 0 Å². The van der Waals surface area contributed by atoms with E-state index in [1.54, 1.807) is 17.3 Å². The lowest BCUT2D eigenvalue weighted by Crippen LogP contribution is -1.98. The minimum Gasteiger partial charge on any atom is -0.223 e. The molecule has 1 aromatic heterocycles. The van der Waals surface area contributed by atoms with Gasteiger partial charge in [0.25, 0.3) is 0 Å². The van der Waals surface area contributed by atoms with Gasteiger partial charge in [0, 0.05) is 0 Å². The molecule has 0 radical (unpaired) electrons. The smallest absolute Gasteiger partial charge is 0.138 e. The summed E-state index contributed by atoms with van der Waals surface area (Å²) in [6.45, 7) is 6.55. The Morgan fingerprint density at radius 2 is 2.07 bits per heavy atom. The predicted molar refractivity (Wildman–Crippen MR) is 60.2 cm³/mol. The van der Waals surface area contributed by atoms with Crippen LogP contribution in [0, 0.1) is 6.92 Å². The summed E-state index contributed by atoms with van der Waals surface area (Å²) in [6.07, 6.45) is 3.26. The Labute approximate surface area is 89.8 Å². The van der Waals surface area contributed by atoms with E-state index in [1.807, 2.05) is 0 Å². The van der Waals surface area contributed by atoms with Gasteiger partial charge in [-0.25, -0.2) is 9.67 Å². The maximum Gasteiger partial charge on any atom is 0.138 e. The van der Waals surface area contributed by atoms with Crippen molar-refractivity contribution in [2.24, 2.45) is 0 Å². The lowest BCUT2D eigenvalue weighted by molar-refractivity contribution is 0.843. The molecule has 0 aliphatic carbocycles. The van der Waals surface area contributed by atoms with Gasteiger partial charge in [0.15, 0.2) is 0 Å². The first-order chi connectivity index (χ1) is 7.18. The third kappa shape index (κ3) is 1.91. The maximum absolute atomic E-state index is 4.11. The van der Waals surface area contributed by atoms with Crippen molar-refractivity contribution in [3.63, 3.8) is 0 Å². The Morgan fingerprint density at radius 1 is 1.27 bits per heavy atom. The van der Waals surface area contributed by atoms with Gasteiger partial charge in [-0.2, -0.15) is 5.10 Å². The summed E-state index contributed by atoms with van der Waals surface area (Å²) in [7, 11) is 0. The second-order valence-corrected chi connectivity index (χ2v) is 4.04. The third-order valence-corrected chi connectivity index (χ3v) is 2.56. The molecule has 2 rings (SSSR count). The highest BCUT2D eigenvalue weighted by Gasteiger charge is 2.05. The molecular weight excluding hydrogens is 186 g/mol. The number of benzene rings is 1. The van der Waals surface area contributed by atoms with Crippen molar-refractivity contribution in [1.82, 2.24) is 14.8 Å². The Kier molecular flexibility index (Phi) is 2.54. The summed E-state index contributed by atoms with van der Waals surface area (Å²) in [5, 5.41) is 4.11. The monoisotopic (exact) mass is 201 g/mol. The van der Waals surface area contributed by atoms with Gasteiger partial charge in [-0.15, -0.1) is 0 Å². The molecule has 0 atom stereocenters. The SMILES string of the molecule is Cc1cc(-n2cncn2)ccc1C(C)C. The molecule has 0 unspecified atom stereocenters. The van der Waals surface area contributed by atoms with Gasteiger partial charge in [-0.3, -0.25) is 0 Å². The quantitative estimate of drug-likeness (QED) is 0.748. The van der Waals surface area contributed by atoms with Crippen LogP contribution in [-0.2, 0) is 0 Å². The van der Waals surface area contributed by atoms with E-state index in [9.17, 15) is 0 Å². The third-order valence-electron chi connectivity index (χ3n) is 2.56. The molecule has 1 aromatic carbocycles. The van der Waals surface area contributed by atoms with Crippen molar-refractivity contribution in [2.75, 3.05) is 0 Å². The topological polar surface area (TPSA) is 30.7 Å². The molecule has 0 spiro atoms. The van der Waals surface area contributed by atoms with Crippen molar-refractivity contribution in [3.05, 3.63) is 42.0 Å². The van der Waals surface area contributed by atoms with Gasteiger partial charge in [0.05, 0.1) is 5.69 Å². The molecule has 0 saturated heterocycles. The first kappa shape index (κ1) is 9.90. The molecule has 0 N–H and O–H groups in total. The molecule has 0 aliphatic heterocycles. The van der Waals surface area contributed by atoms with Crippen LogP contribution in [0.25, 0.3) is 5.69 Å². The minimum absolute atomic E-state index is 0.565. The zero-order chi connectivity index (χ0) is 10.8.